The summed E-state index contributed by atoms with van der Waals surface area (Å²) in [6, 6.07) is 0. The van der Waals surface area contributed by atoms with Gasteiger partial charge in [0, 0.05) is 0 Å². The Morgan fingerprint density at radius 1 is 0.684 bits per heavy atom. The van der Waals surface area contributed by atoms with Gasteiger partial charge in [0.25, 0.3) is 0 Å². The van der Waals surface area contributed by atoms with Crippen molar-refractivity contribution in [3.63, 3.8) is 0 Å². The standard InChI is InChI=1S/3C3H6O3.Fe/c3*1-2(4)3(5)6;/h3*2,4H,1H3,(H,5,6);/q;;;+3/p-3. The van der Waals surface area contributed by atoms with Crippen LogP contribution >= 0.6 is 0 Å². The fourth-order valence-corrected chi connectivity index (χ4v) is 0. The molecule has 10 heteroatoms. The minimum Gasteiger partial charge on any atom is -0.547 e. The number of aliphatic carboxylic acids is 3. The SMILES string of the molecule is CC(O)C(=O)[O-].CC(O)C(=O)[O-].CC(O)C(=O)[O-].[Fe+3]. The predicted molar refractivity (Wildman–Crippen MR) is 50.1 cm³/mol. The summed E-state index contributed by atoms with van der Waals surface area (Å²) in [6.45, 7) is 3.40. The van der Waals surface area contributed by atoms with Crippen molar-refractivity contribution in [1.29, 1.82) is 0 Å². The molecule has 1 radical (unpaired) electrons. The molecule has 0 rings (SSSR count). The Morgan fingerprint density at radius 2 is 0.737 bits per heavy atom. The number of aliphatic hydroxyl groups excluding tert-OH is 3. The molecule has 0 saturated heterocycles. The first-order chi connectivity index (χ1) is 7.93. The van der Waals surface area contributed by atoms with E-state index in [1.165, 1.54) is 0 Å². The number of hydrogen-bond acceptors (Lipinski definition) is 9. The summed E-state index contributed by atoms with van der Waals surface area (Å²) < 4.78 is 0. The Balaban J connectivity index is -0.0000000865. The van der Waals surface area contributed by atoms with Gasteiger partial charge < -0.3 is 45.0 Å². The van der Waals surface area contributed by atoms with Gasteiger partial charge in [0.15, 0.2) is 0 Å². The number of carboxylic acid groups (broad SMARTS) is 3. The summed E-state index contributed by atoms with van der Waals surface area (Å²) in [6.07, 6.45) is -4.03. The van der Waals surface area contributed by atoms with Crippen LogP contribution in [0.5, 0.6) is 0 Å². The molecule has 3 atom stereocenters. The van der Waals surface area contributed by atoms with Gasteiger partial charge in [0.2, 0.25) is 0 Å². The summed E-state index contributed by atoms with van der Waals surface area (Å²) in [5.74, 6) is -4.31. The molecular weight excluding hydrogens is 308 g/mol. The Kier molecular flexibility index (Phi) is 20.7. The van der Waals surface area contributed by atoms with Crippen molar-refractivity contribution in [3.05, 3.63) is 0 Å². The molecule has 0 aromatic carbocycles. The third-order valence-corrected chi connectivity index (χ3v) is 1.02. The molecule has 0 aliphatic rings. The van der Waals surface area contributed by atoms with Gasteiger partial charge in [-0.25, -0.2) is 0 Å². The Hall–Kier alpha value is -1.19. The van der Waals surface area contributed by atoms with Crippen molar-refractivity contribution in [1.82, 2.24) is 0 Å². The fourth-order valence-electron chi connectivity index (χ4n) is 0. The van der Waals surface area contributed by atoms with Crippen LogP contribution in [0, 0.1) is 0 Å². The molecule has 0 aliphatic carbocycles. The van der Waals surface area contributed by atoms with E-state index in [1.807, 2.05) is 0 Å². The van der Waals surface area contributed by atoms with Crippen molar-refractivity contribution < 1.29 is 62.1 Å². The molecule has 0 heterocycles. The molecule has 113 valence electrons. The van der Waals surface area contributed by atoms with Crippen LogP contribution in [0.4, 0.5) is 0 Å². The minimum absolute atomic E-state index is 0. The third kappa shape index (κ3) is 31.6. The van der Waals surface area contributed by atoms with Gasteiger partial charge in [0.05, 0.1) is 36.2 Å². The second-order valence-corrected chi connectivity index (χ2v) is 2.99. The van der Waals surface area contributed by atoms with Gasteiger partial charge in [-0.3, -0.25) is 0 Å². The smallest absolute Gasteiger partial charge is 0.547 e. The second kappa shape index (κ2) is 14.9. The van der Waals surface area contributed by atoms with Crippen LogP contribution in [-0.4, -0.2) is 51.5 Å². The van der Waals surface area contributed by atoms with Gasteiger partial charge in [-0.15, -0.1) is 0 Å². The zero-order chi connectivity index (χ0) is 15.5. The molecule has 0 spiro atoms. The van der Waals surface area contributed by atoms with E-state index in [1.54, 1.807) is 0 Å². The molecule has 3 N–H and O–H groups in total. The minimum atomic E-state index is -1.44. The first-order valence-electron chi connectivity index (χ1n) is 4.60. The molecule has 0 saturated carbocycles. The zero-order valence-electron chi connectivity index (χ0n) is 10.4. The average Bonchev–Trinajstić information content (AvgIpc) is 2.18. The summed E-state index contributed by atoms with van der Waals surface area (Å²) in [5, 5.41) is 51.9. The van der Waals surface area contributed by atoms with Crippen molar-refractivity contribution in [2.45, 2.75) is 39.1 Å². The van der Waals surface area contributed by atoms with E-state index in [9.17, 15) is 29.7 Å². The maximum Gasteiger partial charge on any atom is 3.00 e. The van der Waals surface area contributed by atoms with Crippen molar-refractivity contribution >= 4 is 17.9 Å². The van der Waals surface area contributed by atoms with Crippen LogP contribution in [0.1, 0.15) is 20.8 Å². The Bertz CT molecular complexity index is 220. The molecular formula is C9H15FeO9. The molecule has 0 amide bonds. The number of aliphatic hydroxyl groups is 3. The van der Waals surface area contributed by atoms with Gasteiger partial charge in [0.1, 0.15) is 0 Å². The van der Waals surface area contributed by atoms with Gasteiger partial charge in [-0.05, 0) is 20.8 Å². The predicted octanol–water partition coefficient (Wildman–Crippen LogP) is -5.65. The Morgan fingerprint density at radius 3 is 0.737 bits per heavy atom. The van der Waals surface area contributed by atoms with Crippen LogP contribution in [0.25, 0.3) is 0 Å². The number of carbonyl (C=O) groups is 3. The number of rotatable bonds is 3. The van der Waals surface area contributed by atoms with E-state index >= 15 is 0 Å². The molecule has 19 heavy (non-hydrogen) atoms. The van der Waals surface area contributed by atoms with Crippen LogP contribution < -0.4 is 15.3 Å². The summed E-state index contributed by atoms with van der Waals surface area (Å²) in [4.78, 5) is 28.0. The quantitative estimate of drug-likeness (QED) is 0.426. The van der Waals surface area contributed by atoms with E-state index < -0.39 is 36.2 Å². The summed E-state index contributed by atoms with van der Waals surface area (Å²) in [7, 11) is 0. The van der Waals surface area contributed by atoms with Crippen LogP contribution in [0.15, 0.2) is 0 Å². The maximum absolute atomic E-state index is 9.34. The molecule has 3 unspecified atom stereocenters. The van der Waals surface area contributed by atoms with Crippen LogP contribution in [0.3, 0.4) is 0 Å². The average molecular weight is 323 g/mol. The topological polar surface area (TPSA) is 181 Å². The Labute approximate surface area is 120 Å². The van der Waals surface area contributed by atoms with E-state index in [4.69, 9.17) is 15.3 Å². The van der Waals surface area contributed by atoms with E-state index in [-0.39, 0.29) is 17.1 Å². The zero-order valence-corrected chi connectivity index (χ0v) is 11.5. The largest absolute Gasteiger partial charge is 3.00 e. The van der Waals surface area contributed by atoms with Gasteiger partial charge >= 0.3 is 17.1 Å². The number of carbonyl (C=O) groups excluding carboxylic acids is 3. The number of hydrogen-bond donors (Lipinski definition) is 3. The molecule has 0 aromatic rings. The monoisotopic (exact) mass is 323 g/mol. The molecule has 0 aromatic heterocycles. The normalized spacial score (nSPS) is 12.9. The third-order valence-electron chi connectivity index (χ3n) is 1.02. The van der Waals surface area contributed by atoms with E-state index in [0.717, 1.165) is 20.8 Å². The van der Waals surface area contributed by atoms with Crippen LogP contribution in [0.2, 0.25) is 0 Å². The maximum atomic E-state index is 9.34. The van der Waals surface area contributed by atoms with Gasteiger partial charge in [-0.2, -0.15) is 0 Å². The van der Waals surface area contributed by atoms with E-state index in [2.05, 4.69) is 0 Å². The fraction of sp³-hybridized carbons (Fsp3) is 0.667. The van der Waals surface area contributed by atoms with Crippen LogP contribution in [-0.2, 0) is 31.5 Å². The number of carboxylic acids is 3. The molecule has 0 aliphatic heterocycles. The van der Waals surface area contributed by atoms with Crippen molar-refractivity contribution in [2.75, 3.05) is 0 Å². The molecule has 9 nitrogen and oxygen atoms in total. The van der Waals surface area contributed by atoms with E-state index in [0.29, 0.717) is 0 Å². The van der Waals surface area contributed by atoms with Crippen molar-refractivity contribution in [3.8, 4) is 0 Å². The summed E-state index contributed by atoms with van der Waals surface area (Å²) in [5.41, 5.74) is 0. The first-order valence-corrected chi connectivity index (χ1v) is 4.60. The molecule has 0 fully saturated rings. The van der Waals surface area contributed by atoms with Crippen molar-refractivity contribution in [2.24, 2.45) is 0 Å². The molecule has 0 bridgehead atoms. The first kappa shape index (κ1) is 26.4. The van der Waals surface area contributed by atoms with Gasteiger partial charge in [-0.1, -0.05) is 0 Å². The second-order valence-electron chi connectivity index (χ2n) is 2.99. The summed E-state index contributed by atoms with van der Waals surface area (Å²) >= 11 is 0.